The van der Waals surface area contributed by atoms with Crippen molar-refractivity contribution in [2.24, 2.45) is 0 Å². The predicted molar refractivity (Wildman–Crippen MR) is 193 cm³/mol. The number of likely N-dealkylation sites (N-methyl/N-ethyl adjacent to an activating group) is 2. The van der Waals surface area contributed by atoms with E-state index in [2.05, 4.69) is 16.0 Å². The third-order valence-electron chi connectivity index (χ3n) is 9.06. The number of alkyl halides is 3. The molecule has 0 aliphatic rings. The quantitative estimate of drug-likeness (QED) is 0.136. The molecule has 0 saturated carbocycles. The SMILES string of the molecule is CCN(CCN(C)c1ccc(Cn2c(=O)ccc3cnc4ccc(-c5cnc6ccccc6c5)cc4c32)cc1C(F)(F)F)C(=O)CCN(C)C. The second-order valence-electron chi connectivity index (χ2n) is 12.8. The van der Waals surface area contributed by atoms with Gasteiger partial charge in [0.05, 0.1) is 28.7 Å². The van der Waals surface area contributed by atoms with Gasteiger partial charge < -0.3 is 19.3 Å². The zero-order chi connectivity index (χ0) is 35.6. The summed E-state index contributed by atoms with van der Waals surface area (Å²) in [4.78, 5) is 40.4. The number of fused-ring (bicyclic) bond motifs is 4. The first kappa shape index (κ1) is 34.6. The number of rotatable bonds is 11. The van der Waals surface area contributed by atoms with Crippen LogP contribution < -0.4 is 10.5 Å². The van der Waals surface area contributed by atoms with Crippen LogP contribution in [0.3, 0.4) is 0 Å². The van der Waals surface area contributed by atoms with Crippen molar-refractivity contribution < 1.29 is 18.0 Å². The highest BCUT2D eigenvalue weighted by Gasteiger charge is 2.35. The number of hydrogen-bond acceptors (Lipinski definition) is 6. The van der Waals surface area contributed by atoms with Crippen LogP contribution in [0.1, 0.15) is 24.5 Å². The van der Waals surface area contributed by atoms with Crippen molar-refractivity contribution in [2.75, 3.05) is 52.2 Å². The third kappa shape index (κ3) is 7.33. The van der Waals surface area contributed by atoms with Crippen LogP contribution in [0.4, 0.5) is 18.9 Å². The molecule has 0 radical (unpaired) electrons. The standard InChI is InChI=1S/C39H39F3N6O2/c1-5-47(36(49)16-17-45(2)3)19-18-46(4)35-14-10-26(20-32(35)39(40,41)42)25-48-37(50)15-12-29-23-44-34-13-11-27(22-31(34)38(29)48)30-21-28-8-6-7-9-33(28)43-24-30/h6-15,20-24H,5,16-19,25H2,1-4H3. The van der Waals surface area contributed by atoms with Gasteiger partial charge >= 0.3 is 6.18 Å². The highest BCUT2D eigenvalue weighted by Crippen LogP contribution is 2.37. The molecule has 0 aliphatic carbocycles. The van der Waals surface area contributed by atoms with Crippen LogP contribution in [0.2, 0.25) is 0 Å². The molecule has 6 rings (SSSR count). The van der Waals surface area contributed by atoms with Gasteiger partial charge in [0.25, 0.3) is 5.56 Å². The van der Waals surface area contributed by atoms with Gasteiger partial charge in [0.2, 0.25) is 5.91 Å². The third-order valence-corrected chi connectivity index (χ3v) is 9.06. The van der Waals surface area contributed by atoms with Crippen molar-refractivity contribution in [2.45, 2.75) is 26.1 Å². The van der Waals surface area contributed by atoms with E-state index in [4.69, 9.17) is 0 Å². The van der Waals surface area contributed by atoms with Crippen LogP contribution in [0, 0.1) is 0 Å². The van der Waals surface area contributed by atoms with E-state index in [1.165, 1.54) is 21.6 Å². The van der Waals surface area contributed by atoms with Gasteiger partial charge in [-0.1, -0.05) is 30.3 Å². The summed E-state index contributed by atoms with van der Waals surface area (Å²) in [5.41, 5.74) is 3.09. The number of hydrogen-bond donors (Lipinski definition) is 0. The lowest BCUT2D eigenvalue weighted by atomic mass is 10.0. The van der Waals surface area contributed by atoms with Crippen molar-refractivity contribution in [3.63, 3.8) is 0 Å². The summed E-state index contributed by atoms with van der Waals surface area (Å²) < 4.78 is 45.2. The molecule has 0 fully saturated rings. The summed E-state index contributed by atoms with van der Waals surface area (Å²) >= 11 is 0. The maximum absolute atomic E-state index is 14.6. The smallest absolute Gasteiger partial charge is 0.372 e. The predicted octanol–water partition coefficient (Wildman–Crippen LogP) is 7.07. The topological polar surface area (TPSA) is 74.6 Å². The Morgan fingerprint density at radius 3 is 2.34 bits per heavy atom. The van der Waals surface area contributed by atoms with E-state index in [1.807, 2.05) is 68.4 Å². The van der Waals surface area contributed by atoms with Gasteiger partial charge in [-0.2, -0.15) is 13.2 Å². The summed E-state index contributed by atoms with van der Waals surface area (Å²) in [6.45, 7) is 3.37. The van der Waals surface area contributed by atoms with E-state index in [0.717, 1.165) is 28.1 Å². The molecule has 6 aromatic rings. The Balaban J connectivity index is 1.34. The van der Waals surface area contributed by atoms with E-state index in [9.17, 15) is 22.8 Å². The zero-order valence-corrected chi connectivity index (χ0v) is 28.5. The first-order chi connectivity index (χ1) is 23.9. The number of benzene rings is 3. The van der Waals surface area contributed by atoms with Crippen molar-refractivity contribution >= 4 is 44.3 Å². The van der Waals surface area contributed by atoms with Gasteiger partial charge in [-0.15, -0.1) is 0 Å². The summed E-state index contributed by atoms with van der Waals surface area (Å²) in [5.74, 6) is -0.0368. The van der Waals surface area contributed by atoms with Gasteiger partial charge in [0.1, 0.15) is 0 Å². The van der Waals surface area contributed by atoms with Gasteiger partial charge in [-0.05, 0) is 74.6 Å². The number of aromatic nitrogens is 3. The Bertz CT molecular complexity index is 2250. The maximum Gasteiger partial charge on any atom is 0.418 e. The molecule has 258 valence electrons. The molecule has 11 heteroatoms. The average molecular weight is 681 g/mol. The molecule has 0 atom stereocenters. The molecule has 0 unspecified atom stereocenters. The molecule has 0 saturated heterocycles. The number of pyridine rings is 3. The van der Waals surface area contributed by atoms with Crippen molar-refractivity contribution in [3.8, 4) is 11.1 Å². The summed E-state index contributed by atoms with van der Waals surface area (Å²) in [6, 6.07) is 23.0. The molecular weight excluding hydrogens is 641 g/mol. The molecule has 0 aliphatic heterocycles. The number of nitrogens with zero attached hydrogens (tertiary/aromatic N) is 6. The first-order valence-corrected chi connectivity index (χ1v) is 16.5. The number of amides is 1. The zero-order valence-electron chi connectivity index (χ0n) is 28.5. The van der Waals surface area contributed by atoms with Crippen molar-refractivity contribution in [1.82, 2.24) is 24.3 Å². The summed E-state index contributed by atoms with van der Waals surface area (Å²) in [7, 11) is 5.37. The second-order valence-corrected chi connectivity index (χ2v) is 12.8. The minimum absolute atomic E-state index is 0.00611. The fourth-order valence-corrected chi connectivity index (χ4v) is 6.30. The van der Waals surface area contributed by atoms with Gasteiger partial charge in [-0.3, -0.25) is 19.6 Å². The summed E-state index contributed by atoms with van der Waals surface area (Å²) in [6.07, 6.45) is -0.827. The molecule has 3 heterocycles. The monoisotopic (exact) mass is 680 g/mol. The molecule has 50 heavy (non-hydrogen) atoms. The minimum atomic E-state index is -4.64. The number of carbonyl (C=O) groups is 1. The molecule has 3 aromatic heterocycles. The summed E-state index contributed by atoms with van der Waals surface area (Å²) in [5, 5.41) is 2.39. The van der Waals surface area contributed by atoms with E-state index < -0.39 is 11.7 Å². The fourth-order valence-electron chi connectivity index (χ4n) is 6.30. The van der Waals surface area contributed by atoms with Gasteiger partial charge in [0.15, 0.2) is 0 Å². The van der Waals surface area contributed by atoms with E-state index in [1.54, 1.807) is 36.5 Å². The molecule has 8 nitrogen and oxygen atoms in total. The highest BCUT2D eigenvalue weighted by atomic mass is 19.4. The van der Waals surface area contributed by atoms with E-state index in [-0.39, 0.29) is 30.2 Å². The number of anilines is 1. The molecule has 0 spiro atoms. The van der Waals surface area contributed by atoms with Gasteiger partial charge in [-0.25, -0.2) is 0 Å². The number of para-hydroxylation sites is 1. The highest BCUT2D eigenvalue weighted by molar-refractivity contribution is 6.05. The van der Waals surface area contributed by atoms with Crippen LogP contribution in [0.25, 0.3) is 43.8 Å². The van der Waals surface area contributed by atoms with Gasteiger partial charge in [0, 0.05) is 85.5 Å². The van der Waals surface area contributed by atoms with Crippen LogP contribution in [-0.4, -0.2) is 77.6 Å². The van der Waals surface area contributed by atoms with E-state index in [0.29, 0.717) is 53.4 Å². The lowest BCUT2D eigenvalue weighted by Crippen LogP contribution is -2.39. The Hall–Kier alpha value is -5.29. The lowest BCUT2D eigenvalue weighted by Gasteiger charge is -2.28. The normalized spacial score (nSPS) is 11.9. The average Bonchev–Trinajstić information content (AvgIpc) is 3.11. The van der Waals surface area contributed by atoms with Crippen LogP contribution in [0.5, 0.6) is 0 Å². The molecule has 0 bridgehead atoms. The fraction of sp³-hybridized carbons (Fsp3) is 0.282. The first-order valence-electron chi connectivity index (χ1n) is 16.5. The molecule has 1 amide bonds. The maximum atomic E-state index is 14.6. The Morgan fingerprint density at radius 2 is 1.58 bits per heavy atom. The Labute approximate surface area is 288 Å². The Kier molecular flexibility index (Phi) is 9.88. The Morgan fingerprint density at radius 1 is 0.800 bits per heavy atom. The number of carbonyl (C=O) groups excluding carboxylic acids is 1. The number of halogens is 3. The molecule has 3 aromatic carbocycles. The van der Waals surface area contributed by atoms with Crippen LogP contribution >= 0.6 is 0 Å². The molecular formula is C39H39F3N6O2. The van der Waals surface area contributed by atoms with Crippen LogP contribution in [-0.2, 0) is 17.5 Å². The van der Waals surface area contributed by atoms with Crippen LogP contribution in [0.15, 0.2) is 96.1 Å². The molecule has 0 N–H and O–H groups in total. The lowest BCUT2D eigenvalue weighted by molar-refractivity contribution is -0.137. The second kappa shape index (κ2) is 14.3. The minimum Gasteiger partial charge on any atom is -0.372 e. The largest absolute Gasteiger partial charge is 0.418 e. The van der Waals surface area contributed by atoms with Crippen molar-refractivity contribution in [3.05, 3.63) is 113 Å². The van der Waals surface area contributed by atoms with E-state index >= 15 is 0 Å². The van der Waals surface area contributed by atoms with Crippen molar-refractivity contribution in [1.29, 1.82) is 0 Å².